The van der Waals surface area contributed by atoms with E-state index < -0.39 is 0 Å². The molecule has 0 aromatic carbocycles. The number of rotatable bonds is 3. The molecule has 0 unspecified atom stereocenters. The Labute approximate surface area is 172 Å². The molecule has 7 nitrogen and oxygen atoms in total. The number of hydrogen-bond donors (Lipinski definition) is 2. The Bertz CT molecular complexity index is 1520. The maximum Gasteiger partial charge on any atom is 0.177 e. The van der Waals surface area contributed by atoms with Gasteiger partial charge in [0.15, 0.2) is 16.6 Å². The van der Waals surface area contributed by atoms with Gasteiger partial charge in [0.25, 0.3) is 0 Å². The summed E-state index contributed by atoms with van der Waals surface area (Å²) in [5.41, 5.74) is 5.33. The fraction of sp³-hybridized carbons (Fsp3) is 0. The number of thiophene rings is 1. The van der Waals surface area contributed by atoms with Gasteiger partial charge in [-0.15, -0.1) is 11.3 Å². The quantitative estimate of drug-likeness (QED) is 0.433. The fourth-order valence-electron chi connectivity index (χ4n) is 3.44. The van der Waals surface area contributed by atoms with E-state index in [4.69, 9.17) is 4.98 Å². The van der Waals surface area contributed by atoms with E-state index in [1.54, 1.807) is 30.9 Å². The normalized spacial score (nSPS) is 11.5. The second-order valence-corrected chi connectivity index (χ2v) is 7.71. The van der Waals surface area contributed by atoms with Crippen molar-refractivity contribution in [2.24, 2.45) is 0 Å². The van der Waals surface area contributed by atoms with Crippen LogP contribution in [-0.2, 0) is 0 Å². The Morgan fingerprint density at radius 1 is 0.933 bits per heavy atom. The van der Waals surface area contributed by atoms with Gasteiger partial charge in [0.1, 0.15) is 16.9 Å². The van der Waals surface area contributed by atoms with Crippen molar-refractivity contribution in [3.8, 4) is 33.2 Å². The maximum absolute atomic E-state index is 13.5. The minimum absolute atomic E-state index is 0.258. The van der Waals surface area contributed by atoms with Crippen molar-refractivity contribution in [1.29, 1.82) is 0 Å². The zero-order valence-corrected chi connectivity index (χ0v) is 16.1. The molecule has 2 N–H and O–H groups in total. The number of nitrogens with one attached hydrogen (secondary N) is 2. The third kappa shape index (κ3) is 2.67. The molecule has 0 fully saturated rings. The number of nitrogens with zero attached hydrogens (tertiary/aromatic N) is 5. The lowest BCUT2D eigenvalue weighted by Crippen LogP contribution is -1.85. The predicted octanol–water partition coefficient (Wildman–Crippen LogP) is 4.83. The second-order valence-electron chi connectivity index (χ2n) is 6.68. The van der Waals surface area contributed by atoms with E-state index in [1.165, 1.54) is 6.07 Å². The maximum atomic E-state index is 13.5. The summed E-state index contributed by atoms with van der Waals surface area (Å²) in [7, 11) is 0. The molecule has 0 bridgehead atoms. The predicted molar refractivity (Wildman–Crippen MR) is 113 cm³/mol. The Morgan fingerprint density at radius 2 is 1.90 bits per heavy atom. The second kappa shape index (κ2) is 6.53. The summed E-state index contributed by atoms with van der Waals surface area (Å²) >= 11 is 1.04. The van der Waals surface area contributed by atoms with E-state index in [0.29, 0.717) is 28.4 Å². The van der Waals surface area contributed by atoms with Crippen molar-refractivity contribution in [2.45, 2.75) is 0 Å². The van der Waals surface area contributed by atoms with Crippen molar-refractivity contribution in [3.63, 3.8) is 0 Å². The first kappa shape index (κ1) is 16.9. The van der Waals surface area contributed by atoms with Gasteiger partial charge >= 0.3 is 0 Å². The van der Waals surface area contributed by atoms with E-state index in [2.05, 4.69) is 30.1 Å². The van der Waals surface area contributed by atoms with E-state index in [9.17, 15) is 4.39 Å². The summed E-state index contributed by atoms with van der Waals surface area (Å²) in [6.07, 6.45) is 7.00. The molecule has 30 heavy (non-hydrogen) atoms. The number of H-pyrrole nitrogens is 2. The summed E-state index contributed by atoms with van der Waals surface area (Å²) in [6, 6.07) is 10.9. The molecule has 0 aliphatic heterocycles. The van der Waals surface area contributed by atoms with Gasteiger partial charge in [-0.2, -0.15) is 9.49 Å². The number of fused-ring (bicyclic) bond motifs is 2. The average molecular weight is 413 g/mol. The lowest BCUT2D eigenvalue weighted by Gasteiger charge is -2.00. The van der Waals surface area contributed by atoms with Crippen LogP contribution in [0.2, 0.25) is 0 Å². The highest BCUT2D eigenvalue weighted by molar-refractivity contribution is 7.13. The van der Waals surface area contributed by atoms with E-state index in [0.717, 1.165) is 38.2 Å². The molecule has 0 amide bonds. The zero-order chi connectivity index (χ0) is 20.1. The molecule has 0 atom stereocenters. The van der Waals surface area contributed by atoms with Gasteiger partial charge in [0, 0.05) is 35.9 Å². The highest BCUT2D eigenvalue weighted by Gasteiger charge is 2.17. The van der Waals surface area contributed by atoms with Crippen LogP contribution in [0.25, 0.3) is 55.3 Å². The van der Waals surface area contributed by atoms with E-state index >= 15 is 0 Å². The molecule has 0 spiro atoms. The van der Waals surface area contributed by atoms with Crippen LogP contribution in [0.15, 0.2) is 61.2 Å². The number of pyridine rings is 3. The first-order chi connectivity index (χ1) is 14.8. The molecule has 6 aromatic heterocycles. The van der Waals surface area contributed by atoms with Crippen LogP contribution in [0.1, 0.15) is 0 Å². The Hall–Kier alpha value is -3.98. The van der Waals surface area contributed by atoms with Crippen LogP contribution in [-0.4, -0.2) is 35.1 Å². The van der Waals surface area contributed by atoms with Crippen molar-refractivity contribution >= 4 is 33.4 Å². The van der Waals surface area contributed by atoms with E-state index in [-0.39, 0.29) is 5.13 Å². The molecule has 144 valence electrons. The van der Waals surface area contributed by atoms with Crippen LogP contribution in [0.4, 0.5) is 4.39 Å². The van der Waals surface area contributed by atoms with Gasteiger partial charge in [-0.3, -0.25) is 15.1 Å². The minimum atomic E-state index is -0.258. The van der Waals surface area contributed by atoms with Gasteiger partial charge in [0.2, 0.25) is 0 Å². The number of aromatic nitrogens is 7. The van der Waals surface area contributed by atoms with Gasteiger partial charge < -0.3 is 4.98 Å². The van der Waals surface area contributed by atoms with Gasteiger partial charge in [0.05, 0.1) is 15.8 Å². The highest BCUT2D eigenvalue weighted by Crippen LogP contribution is 2.33. The molecular weight excluding hydrogens is 401 g/mol. The van der Waals surface area contributed by atoms with Crippen LogP contribution in [0.5, 0.6) is 0 Å². The topological polar surface area (TPSA) is 96.0 Å². The van der Waals surface area contributed by atoms with Gasteiger partial charge in [-0.1, -0.05) is 6.07 Å². The first-order valence-corrected chi connectivity index (χ1v) is 9.93. The average Bonchev–Trinajstić information content (AvgIpc) is 3.51. The van der Waals surface area contributed by atoms with Gasteiger partial charge in [-0.25, -0.2) is 9.97 Å². The third-order valence-corrected chi connectivity index (χ3v) is 5.72. The van der Waals surface area contributed by atoms with Crippen molar-refractivity contribution in [1.82, 2.24) is 35.1 Å². The van der Waals surface area contributed by atoms with Crippen molar-refractivity contribution in [3.05, 3.63) is 66.3 Å². The van der Waals surface area contributed by atoms with Crippen LogP contribution < -0.4 is 0 Å². The number of halogens is 1. The Morgan fingerprint density at radius 3 is 2.73 bits per heavy atom. The minimum Gasteiger partial charge on any atom is -0.336 e. The van der Waals surface area contributed by atoms with Crippen LogP contribution in [0.3, 0.4) is 0 Å². The van der Waals surface area contributed by atoms with Crippen molar-refractivity contribution < 1.29 is 4.39 Å². The first-order valence-electron chi connectivity index (χ1n) is 9.11. The van der Waals surface area contributed by atoms with Crippen LogP contribution >= 0.6 is 11.3 Å². The third-order valence-electron chi connectivity index (χ3n) is 4.84. The van der Waals surface area contributed by atoms with E-state index in [1.807, 2.05) is 24.3 Å². The summed E-state index contributed by atoms with van der Waals surface area (Å²) in [5, 5.41) is 7.97. The van der Waals surface area contributed by atoms with Crippen LogP contribution in [0, 0.1) is 5.13 Å². The smallest absolute Gasteiger partial charge is 0.177 e. The van der Waals surface area contributed by atoms with Gasteiger partial charge in [-0.05, 0) is 30.3 Å². The summed E-state index contributed by atoms with van der Waals surface area (Å²) in [4.78, 5) is 21.8. The molecule has 0 aliphatic carbocycles. The Kier molecular flexibility index (Phi) is 3.68. The molecule has 6 heterocycles. The monoisotopic (exact) mass is 413 g/mol. The number of hydrogen-bond acceptors (Lipinski definition) is 6. The molecular formula is C21H12FN7S. The summed E-state index contributed by atoms with van der Waals surface area (Å²) < 4.78 is 13.5. The summed E-state index contributed by atoms with van der Waals surface area (Å²) in [5.74, 6) is 0.590. The molecule has 0 aliphatic rings. The molecule has 0 radical (unpaired) electrons. The highest BCUT2D eigenvalue weighted by atomic mass is 32.1. The largest absolute Gasteiger partial charge is 0.336 e. The summed E-state index contributed by atoms with van der Waals surface area (Å²) in [6.45, 7) is 0. The molecule has 6 aromatic rings. The van der Waals surface area contributed by atoms with Crippen molar-refractivity contribution in [2.75, 3.05) is 0 Å². The fourth-order valence-corrected chi connectivity index (χ4v) is 4.17. The number of aromatic amines is 2. The lowest BCUT2D eigenvalue weighted by atomic mass is 10.1. The zero-order valence-electron chi connectivity index (χ0n) is 15.3. The number of imidazole rings is 1. The Balaban J connectivity index is 1.52. The lowest BCUT2D eigenvalue weighted by molar-refractivity contribution is 0.657. The molecule has 0 saturated carbocycles. The standard InChI is InChI=1S/C21H12FN7S/c22-16-4-3-15(30-16)19-18-14(5-7-24-19)26-21(27-18)17-13-8-12(10-25-20(13)29-28-17)11-2-1-6-23-9-11/h1-10H,(H,26,27)(H,25,28,29). The SMILES string of the molecule is Fc1ccc(-c2nccc3[nH]c(-c4n[nH]c5ncc(-c6cccnc6)cc45)nc23)s1. The molecule has 6 rings (SSSR count). The molecule has 9 heteroatoms. The molecule has 0 saturated heterocycles.